The minimum absolute atomic E-state index is 0.0547. The fourth-order valence-corrected chi connectivity index (χ4v) is 7.78. The van der Waals surface area contributed by atoms with E-state index in [9.17, 15) is 32.7 Å². The Morgan fingerprint density at radius 1 is 1.02 bits per heavy atom. The van der Waals surface area contributed by atoms with Crippen LogP contribution in [-0.4, -0.2) is 83.8 Å². The van der Waals surface area contributed by atoms with Crippen molar-refractivity contribution in [3.05, 3.63) is 42.0 Å². The Labute approximate surface area is 266 Å². The van der Waals surface area contributed by atoms with Gasteiger partial charge in [0, 0.05) is 25.7 Å². The first-order chi connectivity index (χ1) is 21.3. The summed E-state index contributed by atoms with van der Waals surface area (Å²) in [5.74, 6) is -2.01. The number of aliphatic carboxylic acids is 1. The van der Waals surface area contributed by atoms with Crippen LogP contribution in [0.2, 0.25) is 0 Å². The molecule has 3 aliphatic rings. The number of allylic oxidation sites excluding steroid dienone is 2. The highest BCUT2D eigenvalue weighted by atomic mass is 32.2. The van der Waals surface area contributed by atoms with E-state index in [2.05, 4.69) is 16.0 Å². The Bertz CT molecular complexity index is 1390. The molecule has 3 aliphatic heterocycles. The van der Waals surface area contributed by atoms with Crippen molar-refractivity contribution in [3.8, 4) is 0 Å². The summed E-state index contributed by atoms with van der Waals surface area (Å²) < 4.78 is 27.8. The number of urea groups is 1. The van der Waals surface area contributed by atoms with E-state index in [0.29, 0.717) is 44.2 Å². The van der Waals surface area contributed by atoms with Crippen molar-refractivity contribution in [3.63, 3.8) is 0 Å². The molecule has 0 spiro atoms. The van der Waals surface area contributed by atoms with E-state index in [0.717, 1.165) is 19.3 Å². The molecule has 4 rings (SSSR count). The Hall–Kier alpha value is -3.45. The molecule has 45 heavy (non-hydrogen) atoms. The lowest BCUT2D eigenvalue weighted by Gasteiger charge is -2.35. The molecule has 1 saturated heterocycles. The Morgan fingerprint density at radius 3 is 2.47 bits per heavy atom. The van der Waals surface area contributed by atoms with E-state index in [-0.39, 0.29) is 30.3 Å². The third-order valence-corrected chi connectivity index (χ3v) is 10.8. The van der Waals surface area contributed by atoms with Crippen molar-refractivity contribution in [1.82, 2.24) is 25.2 Å². The van der Waals surface area contributed by atoms with Gasteiger partial charge in [-0.25, -0.2) is 18.0 Å². The van der Waals surface area contributed by atoms with Crippen molar-refractivity contribution >= 4 is 33.8 Å². The fourth-order valence-electron chi connectivity index (χ4n) is 6.13. The number of carbonyl (C=O) groups is 4. The maximum atomic E-state index is 13.9. The minimum Gasteiger partial charge on any atom is -0.480 e. The zero-order valence-electron chi connectivity index (χ0n) is 26.5. The van der Waals surface area contributed by atoms with E-state index < -0.39 is 57.5 Å². The average molecular weight is 646 g/mol. The number of sulfonamides is 1. The minimum atomic E-state index is -3.71. The molecule has 4 atom stereocenters. The number of benzene rings is 1. The molecule has 0 radical (unpaired) electrons. The predicted octanol–water partition coefficient (Wildman–Crippen LogP) is 3.13. The van der Waals surface area contributed by atoms with E-state index in [1.54, 1.807) is 24.3 Å². The normalized spacial score (nSPS) is 26.3. The summed E-state index contributed by atoms with van der Waals surface area (Å²) >= 11 is 0. The smallest absolute Gasteiger partial charge is 0.326 e. The Morgan fingerprint density at radius 2 is 1.76 bits per heavy atom. The van der Waals surface area contributed by atoms with Crippen molar-refractivity contribution in [2.75, 3.05) is 13.1 Å². The fraction of sp³-hybridized carbons (Fsp3) is 0.625. The number of amides is 4. The van der Waals surface area contributed by atoms with Crippen LogP contribution < -0.4 is 16.0 Å². The molecule has 4 N–H and O–H groups in total. The van der Waals surface area contributed by atoms with Crippen LogP contribution in [0.4, 0.5) is 4.79 Å². The third kappa shape index (κ3) is 8.63. The molecule has 1 aromatic rings. The highest BCUT2D eigenvalue weighted by Crippen LogP contribution is 2.32. The van der Waals surface area contributed by atoms with Gasteiger partial charge in [-0.15, -0.1) is 0 Å². The lowest BCUT2D eigenvalue weighted by molar-refractivity contribution is -0.144. The number of rotatable bonds is 5. The topological polar surface area (TPSA) is 165 Å². The number of carboxylic acid groups (broad SMARTS) is 1. The van der Waals surface area contributed by atoms with Gasteiger partial charge in [-0.1, -0.05) is 64.0 Å². The van der Waals surface area contributed by atoms with Crippen LogP contribution in [0.25, 0.3) is 0 Å². The first kappa shape index (κ1) is 34.4. The van der Waals surface area contributed by atoms with E-state index in [1.807, 2.05) is 32.9 Å². The van der Waals surface area contributed by atoms with Crippen molar-refractivity contribution < 1.29 is 32.7 Å². The first-order valence-corrected chi connectivity index (χ1v) is 17.4. The molecular weight excluding hydrogens is 598 g/mol. The van der Waals surface area contributed by atoms with E-state index in [1.165, 1.54) is 9.21 Å². The summed E-state index contributed by atoms with van der Waals surface area (Å²) in [5, 5.41) is 18.1. The molecule has 0 aromatic heterocycles. The Balaban J connectivity index is 1.49. The van der Waals surface area contributed by atoms with E-state index in [4.69, 9.17) is 0 Å². The van der Waals surface area contributed by atoms with Crippen molar-refractivity contribution in [2.45, 2.75) is 114 Å². The molecule has 12 nitrogen and oxygen atoms in total. The molecule has 0 saturated carbocycles. The van der Waals surface area contributed by atoms with Gasteiger partial charge >= 0.3 is 12.0 Å². The van der Waals surface area contributed by atoms with Gasteiger partial charge < -0.3 is 26.0 Å². The molecule has 248 valence electrons. The first-order valence-electron chi connectivity index (χ1n) is 15.9. The molecule has 4 amide bonds. The summed E-state index contributed by atoms with van der Waals surface area (Å²) in [5.41, 5.74) is 0.193. The molecule has 1 fully saturated rings. The maximum absolute atomic E-state index is 13.9. The molecule has 0 aliphatic carbocycles. The van der Waals surface area contributed by atoms with E-state index >= 15 is 0 Å². The van der Waals surface area contributed by atoms with Gasteiger partial charge in [-0.05, 0) is 62.0 Å². The quantitative estimate of drug-likeness (QED) is 0.357. The van der Waals surface area contributed by atoms with Crippen LogP contribution in [0.15, 0.2) is 41.3 Å². The highest BCUT2D eigenvalue weighted by Gasteiger charge is 2.41. The number of carbonyl (C=O) groups excluding carboxylic acids is 3. The van der Waals surface area contributed by atoms with Gasteiger partial charge in [0.25, 0.3) is 0 Å². The molecular formula is C32H47N5O7S. The average Bonchev–Trinajstić information content (AvgIpc) is 3.56. The summed E-state index contributed by atoms with van der Waals surface area (Å²) in [6, 6.07) is 2.90. The van der Waals surface area contributed by atoms with Crippen molar-refractivity contribution in [1.29, 1.82) is 0 Å². The third-order valence-electron chi connectivity index (χ3n) is 8.88. The maximum Gasteiger partial charge on any atom is 0.326 e. The zero-order valence-corrected chi connectivity index (χ0v) is 27.3. The van der Waals surface area contributed by atoms with Gasteiger partial charge in [0.15, 0.2) is 0 Å². The van der Waals surface area contributed by atoms with Gasteiger partial charge in [0.2, 0.25) is 21.8 Å². The van der Waals surface area contributed by atoms with Crippen LogP contribution in [0.3, 0.4) is 0 Å². The Kier molecular flexibility index (Phi) is 11.3. The molecule has 1 aromatic carbocycles. The molecule has 1 unspecified atom stereocenters. The van der Waals surface area contributed by atoms with Crippen LogP contribution in [-0.2, 0) is 31.0 Å². The summed E-state index contributed by atoms with van der Waals surface area (Å²) in [6.07, 6.45) is 9.28. The number of fused-ring (bicyclic) bond motifs is 2. The molecule has 13 heteroatoms. The lowest BCUT2D eigenvalue weighted by Crippen LogP contribution is -2.58. The lowest BCUT2D eigenvalue weighted by atomic mass is 9.86. The number of hydrogen-bond donors (Lipinski definition) is 4. The summed E-state index contributed by atoms with van der Waals surface area (Å²) in [4.78, 5) is 54.1. The van der Waals surface area contributed by atoms with Crippen LogP contribution >= 0.6 is 0 Å². The summed E-state index contributed by atoms with van der Waals surface area (Å²) in [7, 11) is -3.71. The van der Waals surface area contributed by atoms with Crippen molar-refractivity contribution in [2.24, 2.45) is 5.41 Å². The number of nitrogens with zero attached hydrogens (tertiary/aromatic N) is 2. The molecule has 3 heterocycles. The van der Waals surface area contributed by atoms with Gasteiger partial charge in [-0.2, -0.15) is 4.31 Å². The van der Waals surface area contributed by atoms with Crippen LogP contribution in [0, 0.1) is 5.41 Å². The molecule has 0 bridgehead atoms. The zero-order chi connectivity index (χ0) is 32.8. The second kappa shape index (κ2) is 14.8. The number of carboxylic acids is 1. The second-order valence-corrected chi connectivity index (χ2v) is 15.2. The second-order valence-electron chi connectivity index (χ2n) is 13.3. The highest BCUT2D eigenvalue weighted by molar-refractivity contribution is 7.89. The largest absolute Gasteiger partial charge is 0.480 e. The van der Waals surface area contributed by atoms with Gasteiger partial charge in [0.05, 0.1) is 4.90 Å². The number of nitrogens with one attached hydrogen (secondary N) is 3. The standard InChI is InChI=1S/C32H47N5O7S/c1-32(2,3)27(21-36-20-22-14-11-12-18-26(22)45(36,43)44)35-31(42)34-23-15-9-7-5-4-6-8-10-16-24(30(40)41)33-28(38)25-17-13-19-37(25)29(23)39/h6,8,11-12,14,18,23-25,27H,4-5,7,9-10,13,15-17,19-21H2,1-3H3,(H,33,38)(H,40,41)(H2,34,35,42)/b8-6-/t23-,24-,25-,27?/m0/s1. The van der Waals surface area contributed by atoms with Crippen LogP contribution in [0.1, 0.15) is 84.1 Å². The monoisotopic (exact) mass is 645 g/mol. The van der Waals surface area contributed by atoms with Gasteiger partial charge in [0.1, 0.15) is 18.1 Å². The summed E-state index contributed by atoms with van der Waals surface area (Å²) in [6.45, 7) is 6.34. The predicted molar refractivity (Wildman–Crippen MR) is 168 cm³/mol. The SMILES string of the molecule is CC(C)(C)C(CN1Cc2ccccc2S1(=O)=O)NC(=O)N[C@H]1CCCCC/C=C\CC[C@@H](C(=O)O)NC(=O)[C@@H]2CCCN2C1=O. The van der Waals surface area contributed by atoms with Crippen LogP contribution in [0.5, 0.6) is 0 Å². The van der Waals surface area contributed by atoms with Gasteiger partial charge in [-0.3, -0.25) is 9.59 Å². The number of hydrogen-bond acceptors (Lipinski definition) is 6.